The lowest BCUT2D eigenvalue weighted by Crippen LogP contribution is -2.33. The fraction of sp³-hybridized carbons (Fsp3) is 0.444. The van der Waals surface area contributed by atoms with E-state index in [0.29, 0.717) is 18.7 Å². The maximum Gasteiger partial charge on any atom is 0.295 e. The van der Waals surface area contributed by atoms with Gasteiger partial charge in [0.2, 0.25) is 0 Å². The van der Waals surface area contributed by atoms with Gasteiger partial charge in [0.15, 0.2) is 0 Å². The lowest BCUT2D eigenvalue weighted by Gasteiger charge is -2.27. The molecule has 1 N–H and O–H groups in total. The number of aliphatic hydroxyl groups is 1. The number of ether oxygens (including phenoxy) is 1. The molecule has 2 aromatic rings. The third-order valence-electron chi connectivity index (χ3n) is 6.22. The highest BCUT2D eigenvalue weighted by Crippen LogP contribution is 2.39. The maximum absolute atomic E-state index is 13.1. The molecule has 182 valence electrons. The highest BCUT2D eigenvalue weighted by molar-refractivity contribution is 6.46. The fourth-order valence-corrected chi connectivity index (χ4v) is 4.21. The van der Waals surface area contributed by atoms with Crippen LogP contribution in [0.5, 0.6) is 5.75 Å². The summed E-state index contributed by atoms with van der Waals surface area (Å²) in [5, 5.41) is 11.1. The molecule has 0 saturated carbocycles. The van der Waals surface area contributed by atoms with Crippen molar-refractivity contribution in [2.24, 2.45) is 0 Å². The molecule has 2 heterocycles. The Balaban J connectivity index is 1.95. The maximum atomic E-state index is 13.1. The number of hydrogen-bond donors (Lipinski definition) is 1. The molecule has 1 atom stereocenters. The van der Waals surface area contributed by atoms with Gasteiger partial charge in [0, 0.05) is 24.5 Å². The summed E-state index contributed by atoms with van der Waals surface area (Å²) in [5.74, 6) is -0.682. The molecule has 34 heavy (non-hydrogen) atoms. The van der Waals surface area contributed by atoms with Crippen molar-refractivity contribution in [3.05, 3.63) is 65.5 Å². The van der Waals surface area contributed by atoms with Gasteiger partial charge in [-0.05, 0) is 62.3 Å². The van der Waals surface area contributed by atoms with Crippen LogP contribution in [0, 0.1) is 0 Å². The predicted octanol–water partition coefficient (Wildman–Crippen LogP) is 4.41. The Morgan fingerprint density at radius 3 is 2.32 bits per heavy atom. The van der Waals surface area contributed by atoms with Crippen LogP contribution in [0.2, 0.25) is 0 Å². The molecule has 1 saturated heterocycles. The molecule has 0 spiro atoms. The van der Waals surface area contributed by atoms with E-state index in [-0.39, 0.29) is 11.3 Å². The van der Waals surface area contributed by atoms with Crippen molar-refractivity contribution in [3.63, 3.8) is 0 Å². The van der Waals surface area contributed by atoms with E-state index < -0.39 is 17.7 Å². The molecule has 1 unspecified atom stereocenters. The van der Waals surface area contributed by atoms with Crippen LogP contribution < -0.4 is 4.74 Å². The molecular formula is C27H35N3O4. The van der Waals surface area contributed by atoms with Crippen LogP contribution in [0.3, 0.4) is 0 Å². The molecule has 0 radical (unpaired) electrons. The van der Waals surface area contributed by atoms with Gasteiger partial charge in [0.25, 0.3) is 11.7 Å². The first-order valence-corrected chi connectivity index (χ1v) is 12.2. The molecule has 1 aliphatic rings. The van der Waals surface area contributed by atoms with E-state index in [1.165, 1.54) is 0 Å². The van der Waals surface area contributed by atoms with Crippen molar-refractivity contribution in [1.29, 1.82) is 0 Å². The Labute approximate surface area is 202 Å². The first-order chi connectivity index (χ1) is 16.5. The van der Waals surface area contributed by atoms with Gasteiger partial charge in [-0.1, -0.05) is 39.3 Å². The minimum atomic E-state index is -0.662. The molecule has 1 fully saturated rings. The lowest BCUT2D eigenvalue weighted by atomic mass is 9.95. The average Bonchev–Trinajstić information content (AvgIpc) is 3.12. The molecule has 0 aliphatic carbocycles. The van der Waals surface area contributed by atoms with Gasteiger partial charge in [-0.25, -0.2) is 0 Å². The van der Waals surface area contributed by atoms with Crippen LogP contribution >= 0.6 is 0 Å². The Morgan fingerprint density at radius 1 is 1.03 bits per heavy atom. The molecular weight excluding hydrogens is 430 g/mol. The lowest BCUT2D eigenvalue weighted by molar-refractivity contribution is -0.140. The number of carbonyl (C=O) groups excluding carboxylic acids is 2. The van der Waals surface area contributed by atoms with Crippen LogP contribution in [-0.4, -0.2) is 64.4 Å². The molecule has 7 nitrogen and oxygen atoms in total. The zero-order valence-corrected chi connectivity index (χ0v) is 20.4. The van der Waals surface area contributed by atoms with E-state index in [1.807, 2.05) is 24.3 Å². The highest BCUT2D eigenvalue weighted by atomic mass is 16.5. The Morgan fingerprint density at radius 2 is 1.71 bits per heavy atom. The van der Waals surface area contributed by atoms with Crippen LogP contribution in [0.25, 0.3) is 5.76 Å². The van der Waals surface area contributed by atoms with E-state index in [0.717, 1.165) is 50.2 Å². The molecule has 1 aliphatic heterocycles. The van der Waals surface area contributed by atoms with Crippen LogP contribution in [-0.2, 0) is 9.59 Å². The number of rotatable bonds is 12. The second-order valence-corrected chi connectivity index (χ2v) is 8.38. The van der Waals surface area contributed by atoms with E-state index in [4.69, 9.17) is 4.74 Å². The standard InChI is InChI=1S/C27H35N3O4/c1-4-7-19-34-22-11-9-20(10-12-22)24-23(25(31)21-13-15-28-16-14-21)26(32)27(33)30(24)18-8-17-29(5-2)6-3/h9-16,24,31H,4-8,17-19H2,1-3H3. The minimum absolute atomic E-state index is 0.110. The van der Waals surface area contributed by atoms with E-state index in [1.54, 1.807) is 29.4 Å². The van der Waals surface area contributed by atoms with Crippen molar-refractivity contribution >= 4 is 17.4 Å². The number of aromatic nitrogens is 1. The van der Waals surface area contributed by atoms with Gasteiger partial charge in [0.1, 0.15) is 11.5 Å². The van der Waals surface area contributed by atoms with Crippen LogP contribution in [0.1, 0.15) is 57.2 Å². The van der Waals surface area contributed by atoms with Gasteiger partial charge in [-0.3, -0.25) is 14.6 Å². The Kier molecular flexibility index (Phi) is 9.22. The summed E-state index contributed by atoms with van der Waals surface area (Å²) in [6, 6.07) is 10.1. The van der Waals surface area contributed by atoms with Crippen molar-refractivity contribution < 1.29 is 19.4 Å². The Bertz CT molecular complexity index is 985. The third kappa shape index (κ3) is 5.83. The smallest absolute Gasteiger partial charge is 0.295 e. The third-order valence-corrected chi connectivity index (χ3v) is 6.22. The summed E-state index contributed by atoms with van der Waals surface area (Å²) < 4.78 is 5.77. The van der Waals surface area contributed by atoms with Crippen molar-refractivity contribution in [3.8, 4) is 5.75 Å². The first-order valence-electron chi connectivity index (χ1n) is 12.2. The van der Waals surface area contributed by atoms with Crippen molar-refractivity contribution in [1.82, 2.24) is 14.8 Å². The second-order valence-electron chi connectivity index (χ2n) is 8.38. The molecule has 1 aromatic carbocycles. The number of ketones is 1. The number of benzene rings is 1. The number of amides is 1. The van der Waals surface area contributed by atoms with Crippen molar-refractivity contribution in [2.45, 2.75) is 46.1 Å². The van der Waals surface area contributed by atoms with Crippen molar-refractivity contribution in [2.75, 3.05) is 32.8 Å². The first kappa shape index (κ1) is 25.4. The summed E-state index contributed by atoms with van der Waals surface area (Å²) in [7, 11) is 0. The summed E-state index contributed by atoms with van der Waals surface area (Å²) in [4.78, 5) is 34.0. The monoisotopic (exact) mass is 465 g/mol. The topological polar surface area (TPSA) is 83.0 Å². The number of carbonyl (C=O) groups is 2. The molecule has 3 rings (SSSR count). The Hall–Kier alpha value is -3.19. The number of Topliss-reactive ketones (excluding diaryl/α,β-unsaturated/α-hetero) is 1. The number of aliphatic hydroxyl groups excluding tert-OH is 1. The van der Waals surface area contributed by atoms with Gasteiger partial charge < -0.3 is 19.6 Å². The normalized spacial score (nSPS) is 17.5. The summed E-state index contributed by atoms with van der Waals surface area (Å²) in [6.07, 6.45) is 5.85. The fourth-order valence-electron chi connectivity index (χ4n) is 4.21. The number of likely N-dealkylation sites (tertiary alicyclic amines) is 1. The summed E-state index contributed by atoms with van der Waals surface area (Å²) >= 11 is 0. The van der Waals surface area contributed by atoms with Crippen LogP contribution in [0.4, 0.5) is 0 Å². The van der Waals surface area contributed by atoms with E-state index in [9.17, 15) is 14.7 Å². The SMILES string of the molecule is CCCCOc1ccc(C2C(=C(O)c3ccncc3)C(=O)C(=O)N2CCCN(CC)CC)cc1. The quantitative estimate of drug-likeness (QED) is 0.216. The highest BCUT2D eigenvalue weighted by Gasteiger charge is 2.45. The number of pyridine rings is 1. The number of nitrogens with zero attached hydrogens (tertiary/aromatic N) is 3. The van der Waals surface area contributed by atoms with Gasteiger partial charge >= 0.3 is 0 Å². The van der Waals surface area contributed by atoms with Crippen LogP contribution in [0.15, 0.2) is 54.4 Å². The molecule has 0 bridgehead atoms. The predicted molar refractivity (Wildman–Crippen MR) is 132 cm³/mol. The molecule has 7 heteroatoms. The number of hydrogen-bond acceptors (Lipinski definition) is 6. The zero-order chi connectivity index (χ0) is 24.5. The second kappa shape index (κ2) is 12.3. The van der Waals surface area contributed by atoms with E-state index >= 15 is 0 Å². The van der Waals surface area contributed by atoms with Gasteiger partial charge in [-0.2, -0.15) is 0 Å². The summed E-state index contributed by atoms with van der Waals surface area (Å²) in [6.45, 7) is 10.1. The summed E-state index contributed by atoms with van der Waals surface area (Å²) in [5.41, 5.74) is 1.33. The van der Waals surface area contributed by atoms with Gasteiger partial charge in [0.05, 0.1) is 18.2 Å². The number of unbranched alkanes of at least 4 members (excludes halogenated alkanes) is 1. The zero-order valence-electron chi connectivity index (χ0n) is 20.4. The minimum Gasteiger partial charge on any atom is -0.507 e. The molecule has 1 aromatic heterocycles. The van der Waals surface area contributed by atoms with E-state index in [2.05, 4.69) is 30.7 Å². The van der Waals surface area contributed by atoms with Gasteiger partial charge in [-0.15, -0.1) is 0 Å². The largest absolute Gasteiger partial charge is 0.507 e. The molecule has 1 amide bonds. The average molecular weight is 466 g/mol.